The van der Waals surface area contributed by atoms with E-state index >= 15 is 0 Å². The monoisotopic (exact) mass is 172 g/mol. The molecular formula is C9H18NO2. The van der Waals surface area contributed by atoms with Crippen molar-refractivity contribution in [2.75, 3.05) is 0 Å². The Hall–Kier alpha value is -0.570. The van der Waals surface area contributed by atoms with Gasteiger partial charge >= 0.3 is 0 Å². The minimum Gasteiger partial charge on any atom is -0.353 e. The van der Waals surface area contributed by atoms with Gasteiger partial charge in [0.2, 0.25) is 6.41 Å². The number of rotatable bonds is 5. The van der Waals surface area contributed by atoms with Crippen LogP contribution in [0.4, 0.5) is 0 Å². The van der Waals surface area contributed by atoms with Crippen LogP contribution in [0.5, 0.6) is 0 Å². The van der Waals surface area contributed by atoms with Gasteiger partial charge in [0.25, 0.3) is 0 Å². The van der Waals surface area contributed by atoms with Gasteiger partial charge in [-0.2, -0.15) is 0 Å². The van der Waals surface area contributed by atoms with Crippen LogP contribution in [0.15, 0.2) is 0 Å². The quantitative estimate of drug-likeness (QED) is 0.504. The fourth-order valence-electron chi connectivity index (χ4n) is 0.864. The fraction of sp³-hybridized carbons (Fsp3) is 0.778. The molecule has 1 unspecified atom stereocenters. The van der Waals surface area contributed by atoms with Crippen LogP contribution in [0.25, 0.3) is 0 Å². The van der Waals surface area contributed by atoms with Crippen molar-refractivity contribution in [2.45, 2.75) is 45.4 Å². The average Bonchev–Trinajstić information content (AvgIpc) is 1.84. The highest BCUT2D eigenvalue weighted by Crippen LogP contribution is 2.11. The lowest BCUT2D eigenvalue weighted by molar-refractivity contribution is -0.120. The van der Waals surface area contributed by atoms with Crippen molar-refractivity contribution in [3.8, 4) is 0 Å². The molecule has 0 aromatic rings. The lowest BCUT2D eigenvalue weighted by atomic mass is 10.2. The molecular weight excluding hydrogens is 154 g/mol. The second-order valence-electron chi connectivity index (χ2n) is 3.65. The number of ether oxygens (including phenoxy) is 1. The van der Waals surface area contributed by atoms with Gasteiger partial charge in [0.1, 0.15) is 6.23 Å². The first kappa shape index (κ1) is 11.4. The van der Waals surface area contributed by atoms with Gasteiger partial charge in [-0.05, 0) is 33.6 Å². The van der Waals surface area contributed by atoms with Crippen molar-refractivity contribution < 1.29 is 9.53 Å². The maximum Gasteiger partial charge on any atom is 0.209 e. The van der Waals surface area contributed by atoms with Crippen LogP contribution in [0.2, 0.25) is 0 Å². The summed E-state index contributed by atoms with van der Waals surface area (Å²) in [6, 6.07) is 0. The van der Waals surface area contributed by atoms with E-state index in [0.29, 0.717) is 6.41 Å². The molecule has 0 aliphatic heterocycles. The Balaban J connectivity index is 3.85. The summed E-state index contributed by atoms with van der Waals surface area (Å²) < 4.78 is 5.54. The number of hydrogen-bond donors (Lipinski definition) is 1. The zero-order chi connectivity index (χ0) is 9.61. The maximum atomic E-state index is 10.2. The van der Waals surface area contributed by atoms with E-state index in [1.54, 1.807) is 0 Å². The summed E-state index contributed by atoms with van der Waals surface area (Å²) in [6.07, 6.45) is 1.95. The van der Waals surface area contributed by atoms with E-state index in [1.807, 2.05) is 20.8 Å². The number of nitrogens with one attached hydrogen (secondary N) is 1. The molecule has 3 heteroatoms. The third-order valence-electron chi connectivity index (χ3n) is 1.22. The first-order valence-corrected chi connectivity index (χ1v) is 4.16. The van der Waals surface area contributed by atoms with E-state index in [0.717, 1.165) is 12.8 Å². The summed E-state index contributed by atoms with van der Waals surface area (Å²) in [5.74, 6) is 0. The van der Waals surface area contributed by atoms with Crippen LogP contribution in [0.3, 0.4) is 0 Å². The Morgan fingerprint density at radius 2 is 2.17 bits per heavy atom. The van der Waals surface area contributed by atoms with Gasteiger partial charge < -0.3 is 10.1 Å². The van der Waals surface area contributed by atoms with Crippen molar-refractivity contribution in [1.82, 2.24) is 5.32 Å². The lowest BCUT2D eigenvalue weighted by Crippen LogP contribution is -2.37. The highest BCUT2D eigenvalue weighted by Gasteiger charge is 2.16. The minimum atomic E-state index is -0.226. The van der Waals surface area contributed by atoms with Crippen LogP contribution in [-0.4, -0.2) is 18.2 Å². The molecule has 1 radical (unpaired) electrons. The van der Waals surface area contributed by atoms with Gasteiger partial charge in [0, 0.05) is 0 Å². The second kappa shape index (κ2) is 5.14. The molecule has 0 aromatic heterocycles. The number of amides is 1. The normalized spacial score (nSPS) is 14.0. The molecule has 3 nitrogen and oxygen atoms in total. The fourth-order valence-corrected chi connectivity index (χ4v) is 0.864. The largest absolute Gasteiger partial charge is 0.353 e. The van der Waals surface area contributed by atoms with Gasteiger partial charge in [-0.1, -0.05) is 6.92 Å². The summed E-state index contributed by atoms with van der Waals surface area (Å²) in [5, 5.41) is 2.60. The molecule has 71 valence electrons. The van der Waals surface area contributed by atoms with Gasteiger partial charge in [-0.15, -0.1) is 0 Å². The summed E-state index contributed by atoms with van der Waals surface area (Å²) in [4.78, 5) is 10.2. The molecule has 0 fully saturated rings. The van der Waals surface area contributed by atoms with E-state index in [2.05, 4.69) is 12.2 Å². The molecule has 0 aliphatic rings. The molecule has 0 saturated carbocycles. The van der Waals surface area contributed by atoms with Crippen molar-refractivity contribution >= 4 is 6.41 Å². The van der Waals surface area contributed by atoms with E-state index in [1.165, 1.54) is 0 Å². The van der Waals surface area contributed by atoms with E-state index < -0.39 is 0 Å². The molecule has 0 aromatic carbocycles. The number of carbonyl (C=O) groups is 1. The van der Waals surface area contributed by atoms with Crippen LogP contribution in [0.1, 0.15) is 33.6 Å². The SMILES string of the molecule is [CH2]CCC(NC=O)OC(C)(C)C. The summed E-state index contributed by atoms with van der Waals surface area (Å²) >= 11 is 0. The topological polar surface area (TPSA) is 38.3 Å². The molecule has 0 aliphatic carbocycles. The van der Waals surface area contributed by atoms with Gasteiger partial charge in [0.15, 0.2) is 0 Å². The first-order valence-electron chi connectivity index (χ1n) is 4.16. The maximum absolute atomic E-state index is 10.2. The Kier molecular flexibility index (Phi) is 4.90. The van der Waals surface area contributed by atoms with Crippen LogP contribution >= 0.6 is 0 Å². The molecule has 1 N–H and O–H groups in total. The molecule has 1 amide bonds. The highest BCUT2D eigenvalue weighted by molar-refractivity contribution is 5.46. The highest BCUT2D eigenvalue weighted by atomic mass is 16.5. The zero-order valence-electron chi connectivity index (χ0n) is 8.09. The third-order valence-corrected chi connectivity index (χ3v) is 1.22. The molecule has 0 rings (SSSR count). The molecule has 1 atom stereocenters. The van der Waals surface area contributed by atoms with Gasteiger partial charge in [0.05, 0.1) is 5.60 Å². The smallest absolute Gasteiger partial charge is 0.209 e. The Morgan fingerprint density at radius 1 is 1.58 bits per heavy atom. The predicted octanol–water partition coefficient (Wildman–Crippen LogP) is 1.49. The minimum absolute atomic E-state index is 0.208. The Labute approximate surface area is 74.5 Å². The van der Waals surface area contributed by atoms with Crippen molar-refractivity contribution in [2.24, 2.45) is 0 Å². The third kappa shape index (κ3) is 6.16. The molecule has 12 heavy (non-hydrogen) atoms. The average molecular weight is 172 g/mol. The molecule has 0 spiro atoms. The van der Waals surface area contributed by atoms with Crippen molar-refractivity contribution in [3.05, 3.63) is 6.92 Å². The van der Waals surface area contributed by atoms with E-state index in [4.69, 9.17) is 4.74 Å². The van der Waals surface area contributed by atoms with Gasteiger partial charge in [-0.3, -0.25) is 4.79 Å². The summed E-state index contributed by atoms with van der Waals surface area (Å²) in [5.41, 5.74) is -0.226. The first-order chi connectivity index (χ1) is 5.49. The number of hydrogen-bond acceptors (Lipinski definition) is 2. The molecule has 0 heterocycles. The number of carbonyl (C=O) groups excluding carboxylic acids is 1. The Bertz CT molecular complexity index is 129. The van der Waals surface area contributed by atoms with Gasteiger partial charge in [-0.25, -0.2) is 0 Å². The van der Waals surface area contributed by atoms with Crippen molar-refractivity contribution in [1.29, 1.82) is 0 Å². The summed E-state index contributed by atoms with van der Waals surface area (Å²) in [6.45, 7) is 9.56. The Morgan fingerprint density at radius 3 is 2.50 bits per heavy atom. The zero-order valence-corrected chi connectivity index (χ0v) is 8.09. The predicted molar refractivity (Wildman–Crippen MR) is 48.4 cm³/mol. The lowest BCUT2D eigenvalue weighted by Gasteiger charge is -2.26. The standard InChI is InChI=1S/C9H18NO2/c1-5-6-8(10-7-11)12-9(2,3)4/h7-8H,1,5-6H2,2-4H3,(H,10,11). The molecule has 0 saturated heterocycles. The van der Waals surface area contributed by atoms with Crippen LogP contribution in [-0.2, 0) is 9.53 Å². The van der Waals surface area contributed by atoms with Crippen LogP contribution in [0, 0.1) is 6.92 Å². The van der Waals surface area contributed by atoms with Crippen LogP contribution < -0.4 is 5.32 Å². The summed E-state index contributed by atoms with van der Waals surface area (Å²) in [7, 11) is 0. The second-order valence-corrected chi connectivity index (χ2v) is 3.65. The van der Waals surface area contributed by atoms with Crippen molar-refractivity contribution in [3.63, 3.8) is 0 Å². The van der Waals surface area contributed by atoms with E-state index in [9.17, 15) is 4.79 Å². The molecule has 0 bridgehead atoms. The van der Waals surface area contributed by atoms with E-state index in [-0.39, 0.29) is 11.8 Å².